The molecule has 3 aliphatic rings. The van der Waals surface area contributed by atoms with E-state index in [1.54, 1.807) is 0 Å². The van der Waals surface area contributed by atoms with Crippen molar-refractivity contribution in [1.29, 1.82) is 0 Å². The van der Waals surface area contributed by atoms with Crippen molar-refractivity contribution in [2.24, 2.45) is 11.3 Å². The minimum absolute atomic E-state index is 0.0168. The zero-order chi connectivity index (χ0) is 10.5. The van der Waals surface area contributed by atoms with Crippen LogP contribution in [-0.4, -0.2) is 23.3 Å². The van der Waals surface area contributed by atoms with Crippen LogP contribution in [0.2, 0.25) is 0 Å². The highest BCUT2D eigenvalue weighted by Crippen LogP contribution is 2.56. The van der Waals surface area contributed by atoms with Crippen LogP contribution >= 0.6 is 0 Å². The van der Waals surface area contributed by atoms with Crippen LogP contribution in [-0.2, 0) is 9.53 Å². The number of carboxylic acids is 1. The summed E-state index contributed by atoms with van der Waals surface area (Å²) in [6.07, 6.45) is 7.68. The molecule has 0 aromatic carbocycles. The first-order chi connectivity index (χ1) is 7.23. The molecule has 0 aromatic rings. The molecule has 0 aromatic heterocycles. The maximum Gasteiger partial charge on any atom is 0.312 e. The second-order valence-corrected chi connectivity index (χ2v) is 5.36. The number of carboxylic acid groups (broad SMARTS) is 1. The summed E-state index contributed by atoms with van der Waals surface area (Å²) in [6, 6.07) is 0. The fourth-order valence-electron chi connectivity index (χ4n) is 4.01. The van der Waals surface area contributed by atoms with Gasteiger partial charge in [-0.2, -0.15) is 0 Å². The van der Waals surface area contributed by atoms with Crippen molar-refractivity contribution in [3.63, 3.8) is 0 Å². The molecular weight excluding hydrogens is 192 g/mol. The molecule has 15 heavy (non-hydrogen) atoms. The van der Waals surface area contributed by atoms with E-state index in [2.05, 4.69) is 0 Å². The first-order valence-corrected chi connectivity index (χ1v) is 6.12. The van der Waals surface area contributed by atoms with Crippen LogP contribution in [0.1, 0.15) is 44.9 Å². The summed E-state index contributed by atoms with van der Waals surface area (Å²) >= 11 is 0. The molecule has 1 saturated carbocycles. The molecule has 0 amide bonds. The Hall–Kier alpha value is -0.570. The second kappa shape index (κ2) is 3.21. The zero-order valence-electron chi connectivity index (χ0n) is 8.95. The van der Waals surface area contributed by atoms with E-state index in [0.717, 1.165) is 32.1 Å². The van der Waals surface area contributed by atoms with Crippen LogP contribution < -0.4 is 0 Å². The molecule has 1 N–H and O–H groups in total. The average molecular weight is 210 g/mol. The smallest absolute Gasteiger partial charge is 0.312 e. The fraction of sp³-hybridized carbons (Fsp3) is 0.917. The molecule has 3 atom stereocenters. The van der Waals surface area contributed by atoms with Gasteiger partial charge in [-0.3, -0.25) is 4.79 Å². The second-order valence-electron chi connectivity index (χ2n) is 5.36. The molecular formula is C12H18O3. The van der Waals surface area contributed by atoms with Crippen molar-refractivity contribution in [3.8, 4) is 0 Å². The SMILES string of the molecule is O=C(O)C1(C2CCCC2)CC2CCC1O2. The Labute approximate surface area is 89.8 Å². The number of fused-ring (bicyclic) bond motifs is 2. The van der Waals surface area contributed by atoms with Crippen molar-refractivity contribution in [2.45, 2.75) is 57.2 Å². The fourth-order valence-corrected chi connectivity index (χ4v) is 4.01. The molecule has 3 heteroatoms. The summed E-state index contributed by atoms with van der Waals surface area (Å²) in [5.41, 5.74) is -0.514. The topological polar surface area (TPSA) is 46.5 Å². The first kappa shape index (κ1) is 9.64. The van der Waals surface area contributed by atoms with E-state index in [4.69, 9.17) is 4.74 Å². The summed E-state index contributed by atoms with van der Waals surface area (Å²) in [5.74, 6) is -0.216. The Morgan fingerprint density at radius 1 is 1.20 bits per heavy atom. The van der Waals surface area contributed by atoms with E-state index in [1.807, 2.05) is 0 Å². The third-order valence-corrected chi connectivity index (χ3v) is 4.73. The van der Waals surface area contributed by atoms with Gasteiger partial charge in [0.05, 0.1) is 17.6 Å². The van der Waals surface area contributed by atoms with Crippen LogP contribution in [0.3, 0.4) is 0 Å². The van der Waals surface area contributed by atoms with Crippen molar-refractivity contribution >= 4 is 5.97 Å². The molecule has 3 nitrogen and oxygen atoms in total. The highest BCUT2D eigenvalue weighted by atomic mass is 16.5. The third-order valence-electron chi connectivity index (χ3n) is 4.73. The van der Waals surface area contributed by atoms with Crippen molar-refractivity contribution in [2.75, 3.05) is 0 Å². The number of aliphatic carboxylic acids is 1. The Balaban J connectivity index is 1.92. The zero-order valence-corrected chi connectivity index (χ0v) is 8.95. The van der Waals surface area contributed by atoms with Gasteiger partial charge in [0.1, 0.15) is 0 Å². The predicted molar refractivity (Wildman–Crippen MR) is 54.5 cm³/mol. The summed E-state index contributed by atoms with van der Waals surface area (Å²) in [4.78, 5) is 11.6. The molecule has 2 bridgehead atoms. The number of hydrogen-bond donors (Lipinski definition) is 1. The standard InChI is InChI=1S/C12H18O3/c13-11(14)12(8-3-1-2-4-8)7-9-5-6-10(12)15-9/h8-10H,1-7H2,(H,13,14). The van der Waals surface area contributed by atoms with Crippen molar-refractivity contribution in [3.05, 3.63) is 0 Å². The van der Waals surface area contributed by atoms with Gasteiger partial charge >= 0.3 is 5.97 Å². The molecule has 3 rings (SSSR count). The predicted octanol–water partition coefficient (Wildman–Crippen LogP) is 2.20. The van der Waals surface area contributed by atoms with Gasteiger partial charge < -0.3 is 9.84 Å². The summed E-state index contributed by atoms with van der Waals surface area (Å²) < 4.78 is 5.78. The van der Waals surface area contributed by atoms with Gasteiger partial charge in [-0.25, -0.2) is 0 Å². The van der Waals surface area contributed by atoms with Crippen LogP contribution in [0.25, 0.3) is 0 Å². The van der Waals surface area contributed by atoms with Crippen LogP contribution in [0, 0.1) is 11.3 Å². The largest absolute Gasteiger partial charge is 0.481 e. The molecule has 0 spiro atoms. The van der Waals surface area contributed by atoms with Gasteiger partial charge in [0.15, 0.2) is 0 Å². The number of carbonyl (C=O) groups is 1. The Kier molecular flexibility index (Phi) is 2.06. The highest BCUT2D eigenvalue weighted by Gasteiger charge is 2.61. The molecule has 3 unspecified atom stereocenters. The number of rotatable bonds is 2. The third kappa shape index (κ3) is 1.19. The summed E-state index contributed by atoms with van der Waals surface area (Å²) in [5, 5.41) is 9.57. The average Bonchev–Trinajstić information content (AvgIpc) is 2.93. The van der Waals surface area contributed by atoms with E-state index in [1.165, 1.54) is 12.8 Å². The minimum Gasteiger partial charge on any atom is -0.481 e. The van der Waals surface area contributed by atoms with Gasteiger partial charge in [-0.05, 0) is 38.0 Å². The molecule has 2 aliphatic heterocycles. The molecule has 2 heterocycles. The Bertz CT molecular complexity index is 283. The lowest BCUT2D eigenvalue weighted by Crippen LogP contribution is -2.45. The Morgan fingerprint density at radius 3 is 2.40 bits per heavy atom. The maximum atomic E-state index is 11.6. The quantitative estimate of drug-likeness (QED) is 0.760. The Morgan fingerprint density at radius 2 is 1.93 bits per heavy atom. The molecule has 0 radical (unpaired) electrons. The number of ether oxygens (including phenoxy) is 1. The lowest BCUT2D eigenvalue weighted by Gasteiger charge is -2.36. The van der Waals surface area contributed by atoms with Gasteiger partial charge in [0.2, 0.25) is 0 Å². The number of hydrogen-bond acceptors (Lipinski definition) is 2. The molecule has 2 saturated heterocycles. The van der Waals surface area contributed by atoms with Crippen LogP contribution in [0.5, 0.6) is 0 Å². The van der Waals surface area contributed by atoms with Gasteiger partial charge in [0, 0.05) is 0 Å². The van der Waals surface area contributed by atoms with Gasteiger partial charge in [-0.1, -0.05) is 12.8 Å². The van der Waals surface area contributed by atoms with Crippen LogP contribution in [0.15, 0.2) is 0 Å². The van der Waals surface area contributed by atoms with E-state index < -0.39 is 11.4 Å². The van der Waals surface area contributed by atoms with E-state index in [0.29, 0.717) is 5.92 Å². The normalized spacial score (nSPS) is 45.1. The maximum absolute atomic E-state index is 11.6. The highest BCUT2D eigenvalue weighted by molar-refractivity contribution is 5.76. The summed E-state index contributed by atoms with van der Waals surface area (Å²) in [6.45, 7) is 0. The van der Waals surface area contributed by atoms with Crippen molar-refractivity contribution < 1.29 is 14.6 Å². The monoisotopic (exact) mass is 210 g/mol. The van der Waals surface area contributed by atoms with E-state index in [9.17, 15) is 9.90 Å². The molecule has 3 fully saturated rings. The lowest BCUT2D eigenvalue weighted by molar-refractivity contribution is -0.157. The minimum atomic E-state index is -0.596. The van der Waals surface area contributed by atoms with E-state index >= 15 is 0 Å². The van der Waals surface area contributed by atoms with Gasteiger partial charge in [-0.15, -0.1) is 0 Å². The first-order valence-electron chi connectivity index (χ1n) is 6.12. The van der Waals surface area contributed by atoms with E-state index in [-0.39, 0.29) is 12.2 Å². The van der Waals surface area contributed by atoms with Crippen molar-refractivity contribution in [1.82, 2.24) is 0 Å². The van der Waals surface area contributed by atoms with Crippen LogP contribution in [0.4, 0.5) is 0 Å². The lowest BCUT2D eigenvalue weighted by atomic mass is 9.65. The molecule has 1 aliphatic carbocycles. The molecule has 84 valence electrons. The van der Waals surface area contributed by atoms with Gasteiger partial charge in [0.25, 0.3) is 0 Å². The summed E-state index contributed by atoms with van der Waals surface area (Å²) in [7, 11) is 0.